The summed E-state index contributed by atoms with van der Waals surface area (Å²) in [5, 5.41) is 0. The molecular weight excluding hydrogens is 334 g/mol. The lowest BCUT2D eigenvalue weighted by Crippen LogP contribution is -2.42. The summed E-state index contributed by atoms with van der Waals surface area (Å²) in [6.07, 6.45) is 4.12. The number of carbonyl (C=O) groups is 2. The van der Waals surface area contributed by atoms with Gasteiger partial charge in [-0.15, -0.1) is 0 Å². The molecule has 1 aromatic carbocycles. The van der Waals surface area contributed by atoms with E-state index in [0.717, 1.165) is 35.7 Å². The molecule has 2 rings (SSSR count). The third kappa shape index (κ3) is 3.64. The standard InChI is InChI=1S/C16H20BrNO3/c1-11-13(8-5-9-14(11)17)16(20)18(10-15(19)21-2)12-6-3-4-7-12/h5,8-9,12H,3-4,6-7,10H2,1-2H3. The fourth-order valence-corrected chi connectivity index (χ4v) is 3.15. The first-order valence-corrected chi connectivity index (χ1v) is 7.96. The van der Waals surface area contributed by atoms with Crippen LogP contribution in [0.4, 0.5) is 0 Å². The van der Waals surface area contributed by atoms with Gasteiger partial charge in [-0.25, -0.2) is 0 Å². The van der Waals surface area contributed by atoms with E-state index in [2.05, 4.69) is 15.9 Å². The van der Waals surface area contributed by atoms with Crippen LogP contribution >= 0.6 is 15.9 Å². The lowest BCUT2D eigenvalue weighted by molar-refractivity contribution is -0.141. The Morgan fingerprint density at radius 3 is 2.62 bits per heavy atom. The van der Waals surface area contributed by atoms with Crippen molar-refractivity contribution in [3.63, 3.8) is 0 Å². The fourth-order valence-electron chi connectivity index (χ4n) is 2.78. The monoisotopic (exact) mass is 353 g/mol. The van der Waals surface area contributed by atoms with Crippen molar-refractivity contribution >= 4 is 27.8 Å². The highest BCUT2D eigenvalue weighted by Crippen LogP contribution is 2.27. The van der Waals surface area contributed by atoms with E-state index in [1.165, 1.54) is 7.11 Å². The molecule has 0 saturated heterocycles. The minimum Gasteiger partial charge on any atom is -0.468 e. The summed E-state index contributed by atoms with van der Waals surface area (Å²) in [7, 11) is 1.35. The number of rotatable bonds is 4. The maximum atomic E-state index is 12.9. The zero-order valence-corrected chi connectivity index (χ0v) is 14.0. The van der Waals surface area contributed by atoms with E-state index in [-0.39, 0.29) is 24.5 Å². The number of halogens is 1. The van der Waals surface area contributed by atoms with Crippen molar-refractivity contribution in [1.82, 2.24) is 4.90 Å². The van der Waals surface area contributed by atoms with Crippen LogP contribution < -0.4 is 0 Å². The zero-order chi connectivity index (χ0) is 15.4. The van der Waals surface area contributed by atoms with Crippen molar-refractivity contribution < 1.29 is 14.3 Å². The summed E-state index contributed by atoms with van der Waals surface area (Å²) in [6, 6.07) is 5.69. The van der Waals surface area contributed by atoms with Crippen molar-refractivity contribution in [2.24, 2.45) is 0 Å². The van der Waals surface area contributed by atoms with Crippen molar-refractivity contribution in [2.75, 3.05) is 13.7 Å². The molecule has 0 aromatic heterocycles. The average molecular weight is 354 g/mol. The van der Waals surface area contributed by atoms with Crippen LogP contribution in [0.5, 0.6) is 0 Å². The van der Waals surface area contributed by atoms with Gasteiger partial charge in [0.05, 0.1) is 7.11 Å². The first kappa shape index (κ1) is 16.0. The highest BCUT2D eigenvalue weighted by atomic mass is 79.9. The largest absolute Gasteiger partial charge is 0.468 e. The molecule has 1 aliphatic carbocycles. The molecule has 5 heteroatoms. The topological polar surface area (TPSA) is 46.6 Å². The van der Waals surface area contributed by atoms with Crippen LogP contribution in [0.25, 0.3) is 0 Å². The van der Waals surface area contributed by atoms with E-state index >= 15 is 0 Å². The number of esters is 1. The van der Waals surface area contributed by atoms with E-state index in [1.807, 2.05) is 25.1 Å². The van der Waals surface area contributed by atoms with E-state index in [4.69, 9.17) is 4.74 Å². The molecule has 0 radical (unpaired) electrons. The number of hydrogen-bond donors (Lipinski definition) is 0. The van der Waals surface area contributed by atoms with Gasteiger partial charge >= 0.3 is 5.97 Å². The Hall–Kier alpha value is -1.36. The quantitative estimate of drug-likeness (QED) is 0.780. The van der Waals surface area contributed by atoms with E-state index in [9.17, 15) is 9.59 Å². The molecule has 4 nitrogen and oxygen atoms in total. The van der Waals surface area contributed by atoms with Gasteiger partial charge in [0, 0.05) is 16.1 Å². The second-order valence-corrected chi connectivity index (χ2v) is 6.21. The molecule has 1 fully saturated rings. The number of nitrogens with zero attached hydrogens (tertiary/aromatic N) is 1. The Balaban J connectivity index is 2.28. The molecule has 0 aliphatic heterocycles. The lowest BCUT2D eigenvalue weighted by atomic mass is 10.1. The molecule has 1 saturated carbocycles. The summed E-state index contributed by atoms with van der Waals surface area (Å²) < 4.78 is 5.64. The van der Waals surface area contributed by atoms with Crippen LogP contribution in [-0.2, 0) is 9.53 Å². The van der Waals surface area contributed by atoms with Gasteiger partial charge < -0.3 is 9.64 Å². The first-order chi connectivity index (χ1) is 10.0. The minimum atomic E-state index is -0.372. The van der Waals surface area contributed by atoms with Crippen LogP contribution in [0.2, 0.25) is 0 Å². The predicted octanol–water partition coefficient (Wildman–Crippen LogP) is 3.32. The summed E-state index contributed by atoms with van der Waals surface area (Å²) in [5.41, 5.74) is 1.54. The van der Waals surface area contributed by atoms with Gasteiger partial charge in [0.15, 0.2) is 0 Å². The van der Waals surface area contributed by atoms with Gasteiger partial charge in [0.1, 0.15) is 6.54 Å². The summed E-state index contributed by atoms with van der Waals surface area (Å²) in [6.45, 7) is 1.92. The number of ether oxygens (including phenoxy) is 1. The molecule has 0 N–H and O–H groups in total. The molecule has 1 amide bonds. The van der Waals surface area contributed by atoms with Gasteiger partial charge in [-0.3, -0.25) is 9.59 Å². The Labute approximate surface area is 133 Å². The van der Waals surface area contributed by atoms with Crippen molar-refractivity contribution in [1.29, 1.82) is 0 Å². The normalized spacial score (nSPS) is 15.0. The van der Waals surface area contributed by atoms with Gasteiger partial charge in [0.25, 0.3) is 5.91 Å². The number of amides is 1. The van der Waals surface area contributed by atoms with E-state index in [1.54, 1.807) is 4.90 Å². The third-order valence-electron chi connectivity index (χ3n) is 4.05. The molecule has 114 valence electrons. The molecule has 0 spiro atoms. The maximum absolute atomic E-state index is 12.9. The molecule has 0 heterocycles. The second-order valence-electron chi connectivity index (χ2n) is 5.36. The summed E-state index contributed by atoms with van der Waals surface area (Å²) in [4.78, 5) is 26.2. The Kier molecular flexibility index (Phi) is 5.39. The van der Waals surface area contributed by atoms with Gasteiger partial charge in [0.2, 0.25) is 0 Å². The predicted molar refractivity (Wildman–Crippen MR) is 84.2 cm³/mol. The van der Waals surface area contributed by atoms with Crippen LogP contribution in [-0.4, -0.2) is 36.5 Å². The number of carbonyl (C=O) groups excluding carboxylic acids is 2. The molecule has 0 bridgehead atoms. The van der Waals surface area contributed by atoms with Crippen LogP contribution in [0, 0.1) is 6.92 Å². The minimum absolute atomic E-state index is 0.0198. The first-order valence-electron chi connectivity index (χ1n) is 7.17. The maximum Gasteiger partial charge on any atom is 0.325 e. The van der Waals surface area contributed by atoms with Gasteiger partial charge in [-0.2, -0.15) is 0 Å². The second kappa shape index (κ2) is 7.07. The van der Waals surface area contributed by atoms with E-state index < -0.39 is 0 Å². The molecule has 0 atom stereocenters. The molecule has 21 heavy (non-hydrogen) atoms. The molecule has 1 aromatic rings. The van der Waals surface area contributed by atoms with Crippen LogP contribution in [0.3, 0.4) is 0 Å². The number of methoxy groups -OCH3 is 1. The lowest BCUT2D eigenvalue weighted by Gasteiger charge is -2.28. The van der Waals surface area contributed by atoms with Crippen molar-refractivity contribution in [3.05, 3.63) is 33.8 Å². The smallest absolute Gasteiger partial charge is 0.325 e. The molecular formula is C16H20BrNO3. The van der Waals surface area contributed by atoms with Crippen LogP contribution in [0.15, 0.2) is 22.7 Å². The highest BCUT2D eigenvalue weighted by Gasteiger charge is 2.30. The van der Waals surface area contributed by atoms with Gasteiger partial charge in [-0.05, 0) is 37.5 Å². The van der Waals surface area contributed by atoms with Crippen LogP contribution in [0.1, 0.15) is 41.6 Å². The summed E-state index contributed by atoms with van der Waals surface area (Å²) in [5.74, 6) is -0.464. The van der Waals surface area contributed by atoms with Gasteiger partial charge in [-0.1, -0.05) is 34.8 Å². The average Bonchev–Trinajstić information content (AvgIpc) is 3.00. The van der Waals surface area contributed by atoms with E-state index in [0.29, 0.717) is 5.56 Å². The molecule has 0 unspecified atom stereocenters. The fraction of sp³-hybridized carbons (Fsp3) is 0.500. The SMILES string of the molecule is COC(=O)CN(C(=O)c1cccc(Br)c1C)C1CCCC1. The Morgan fingerprint density at radius 2 is 2.00 bits per heavy atom. The van der Waals surface area contributed by atoms with Crippen molar-refractivity contribution in [3.8, 4) is 0 Å². The Morgan fingerprint density at radius 1 is 1.33 bits per heavy atom. The zero-order valence-electron chi connectivity index (χ0n) is 12.4. The molecule has 1 aliphatic rings. The number of hydrogen-bond acceptors (Lipinski definition) is 3. The Bertz CT molecular complexity index is 538. The number of benzene rings is 1. The third-order valence-corrected chi connectivity index (χ3v) is 4.91. The highest BCUT2D eigenvalue weighted by molar-refractivity contribution is 9.10. The summed E-state index contributed by atoms with van der Waals surface area (Å²) >= 11 is 3.45. The van der Waals surface area contributed by atoms with Crippen molar-refractivity contribution in [2.45, 2.75) is 38.6 Å².